The summed E-state index contributed by atoms with van der Waals surface area (Å²) in [5, 5.41) is 0.495. The molecule has 84 valence electrons. The molecule has 0 aliphatic rings. The van der Waals surface area contributed by atoms with E-state index < -0.39 is 14.3 Å². The van der Waals surface area contributed by atoms with Crippen LogP contribution in [0.15, 0.2) is 24.3 Å². The van der Waals surface area contributed by atoms with Crippen molar-refractivity contribution in [1.82, 2.24) is 0 Å². The van der Waals surface area contributed by atoms with E-state index in [-0.39, 0.29) is 16.1 Å². The van der Waals surface area contributed by atoms with Crippen LogP contribution in [0.5, 0.6) is 5.75 Å². The zero-order chi connectivity index (χ0) is 11.5. The zero-order valence-corrected chi connectivity index (χ0v) is 12.1. The average Bonchev–Trinajstić information content (AvgIpc) is 2.20. The fraction of sp³-hybridized carbons (Fsp3) is 0.250. The van der Waals surface area contributed by atoms with Crippen molar-refractivity contribution < 1.29 is 12.6 Å². The van der Waals surface area contributed by atoms with Gasteiger partial charge in [-0.25, -0.2) is 0 Å². The largest absolute Gasteiger partial charge is 0.380 e. The van der Waals surface area contributed by atoms with Gasteiger partial charge in [-0.15, -0.1) is 0 Å². The lowest BCUT2D eigenvalue weighted by Crippen LogP contribution is -2.21. The summed E-state index contributed by atoms with van der Waals surface area (Å²) in [7, 11) is -3.70. The van der Waals surface area contributed by atoms with Crippen LogP contribution in [0.4, 0.5) is 0 Å². The molecule has 0 fully saturated rings. The highest BCUT2D eigenvalue weighted by Crippen LogP contribution is 2.26. The normalized spacial score (nSPS) is 13.5. The molecule has 0 saturated carbocycles. The Hall–Kier alpha value is 0.220. The Kier molecular flexibility index (Phi) is 4.89. The lowest BCUT2D eigenvalue weighted by atomic mass is 10.3. The van der Waals surface area contributed by atoms with Crippen molar-refractivity contribution in [3.63, 3.8) is 0 Å². The van der Waals surface area contributed by atoms with Crippen molar-refractivity contribution in [1.29, 1.82) is 0 Å². The van der Waals surface area contributed by atoms with Crippen LogP contribution < -0.4 is 4.18 Å². The first kappa shape index (κ1) is 13.3. The first-order valence-corrected chi connectivity index (χ1v) is 7.74. The molecule has 0 amide bonds. The summed E-state index contributed by atoms with van der Waals surface area (Å²) in [6.45, 7) is 0. The molecule has 0 spiro atoms. The van der Waals surface area contributed by atoms with Crippen LogP contribution in [-0.4, -0.2) is 17.9 Å². The van der Waals surface area contributed by atoms with E-state index in [0.717, 1.165) is 0 Å². The van der Waals surface area contributed by atoms with Crippen molar-refractivity contribution in [3.8, 4) is 5.75 Å². The predicted molar refractivity (Wildman–Crippen MR) is 67.5 cm³/mol. The van der Waals surface area contributed by atoms with Crippen LogP contribution in [-0.2, 0) is 10.1 Å². The van der Waals surface area contributed by atoms with Crippen molar-refractivity contribution >= 4 is 53.6 Å². The average molecular weight is 378 g/mol. The van der Waals surface area contributed by atoms with Crippen LogP contribution >= 0.6 is 43.5 Å². The quantitative estimate of drug-likeness (QED) is 0.597. The molecule has 0 saturated heterocycles. The van der Waals surface area contributed by atoms with Gasteiger partial charge < -0.3 is 4.18 Å². The molecular formula is C8H7Br2ClO3S. The van der Waals surface area contributed by atoms with Gasteiger partial charge in [-0.1, -0.05) is 55.6 Å². The van der Waals surface area contributed by atoms with Gasteiger partial charge in [0, 0.05) is 5.33 Å². The molecule has 0 bridgehead atoms. The molecule has 0 aliphatic heterocycles. The summed E-state index contributed by atoms with van der Waals surface area (Å²) in [6.07, 6.45) is 0. The summed E-state index contributed by atoms with van der Waals surface area (Å²) in [4.78, 5) is 0. The molecule has 1 aromatic rings. The third-order valence-electron chi connectivity index (χ3n) is 1.48. The maximum atomic E-state index is 11.5. The van der Waals surface area contributed by atoms with Gasteiger partial charge in [-0.05, 0) is 12.1 Å². The molecule has 1 unspecified atom stereocenters. The molecule has 7 heteroatoms. The first-order valence-electron chi connectivity index (χ1n) is 3.85. The van der Waals surface area contributed by atoms with Crippen LogP contribution in [0.3, 0.4) is 0 Å². The molecule has 0 heterocycles. The van der Waals surface area contributed by atoms with Crippen molar-refractivity contribution in [2.24, 2.45) is 0 Å². The van der Waals surface area contributed by atoms with Gasteiger partial charge in [0.15, 0.2) is 9.91 Å². The van der Waals surface area contributed by atoms with Gasteiger partial charge in [0.05, 0.1) is 5.02 Å². The van der Waals surface area contributed by atoms with Crippen LogP contribution in [0, 0.1) is 0 Å². The molecule has 1 rings (SSSR count). The lowest BCUT2D eigenvalue weighted by Gasteiger charge is -2.10. The highest BCUT2D eigenvalue weighted by atomic mass is 79.9. The second kappa shape index (κ2) is 5.52. The number of para-hydroxylation sites is 1. The minimum Gasteiger partial charge on any atom is -0.380 e. The van der Waals surface area contributed by atoms with Crippen molar-refractivity contribution in [2.45, 2.75) is 4.16 Å². The Morgan fingerprint density at radius 1 is 1.40 bits per heavy atom. The Balaban J connectivity index is 2.92. The molecule has 3 nitrogen and oxygen atoms in total. The fourth-order valence-corrected chi connectivity index (χ4v) is 2.84. The van der Waals surface area contributed by atoms with E-state index in [2.05, 4.69) is 31.9 Å². The molecular weight excluding hydrogens is 371 g/mol. The third-order valence-corrected chi connectivity index (χ3v) is 6.64. The van der Waals surface area contributed by atoms with Gasteiger partial charge in [0.25, 0.3) is 0 Å². The summed E-state index contributed by atoms with van der Waals surface area (Å²) in [5.74, 6) is 0.129. The molecule has 0 aliphatic carbocycles. The smallest absolute Gasteiger partial charge is 0.323 e. The summed E-state index contributed by atoms with van der Waals surface area (Å²) >= 11 is 11.8. The second-order valence-corrected chi connectivity index (χ2v) is 7.06. The highest BCUT2D eigenvalue weighted by Gasteiger charge is 2.24. The zero-order valence-electron chi connectivity index (χ0n) is 7.36. The molecule has 1 atom stereocenters. The Bertz CT molecular complexity index is 435. The molecule has 0 aromatic heterocycles. The second-order valence-electron chi connectivity index (χ2n) is 2.57. The molecule has 1 aromatic carbocycles. The SMILES string of the molecule is O=S(=O)(Oc1ccccc1Cl)C(Br)CBr. The van der Waals surface area contributed by atoms with Gasteiger partial charge in [0.2, 0.25) is 0 Å². The molecule has 0 N–H and O–H groups in total. The predicted octanol–water partition coefficient (Wildman–Crippen LogP) is 3.16. The number of halogens is 3. The number of hydrogen-bond acceptors (Lipinski definition) is 3. The van der Waals surface area contributed by atoms with Gasteiger partial charge in [-0.2, -0.15) is 8.42 Å². The minimum atomic E-state index is -3.70. The van der Waals surface area contributed by atoms with Crippen molar-refractivity contribution in [3.05, 3.63) is 29.3 Å². The number of benzene rings is 1. The molecule has 15 heavy (non-hydrogen) atoms. The number of hydrogen-bond donors (Lipinski definition) is 0. The van der Waals surface area contributed by atoms with E-state index in [1.807, 2.05) is 0 Å². The van der Waals surface area contributed by atoms with Crippen molar-refractivity contribution in [2.75, 3.05) is 5.33 Å². The maximum Gasteiger partial charge on any atom is 0.323 e. The lowest BCUT2D eigenvalue weighted by molar-refractivity contribution is 0.486. The van der Waals surface area contributed by atoms with Crippen LogP contribution in [0.1, 0.15) is 0 Å². The fourth-order valence-electron chi connectivity index (χ4n) is 0.767. The highest BCUT2D eigenvalue weighted by molar-refractivity contribution is 9.13. The Labute approximate surface area is 110 Å². The maximum absolute atomic E-state index is 11.5. The number of rotatable bonds is 4. The van der Waals surface area contributed by atoms with E-state index >= 15 is 0 Å². The van der Waals surface area contributed by atoms with Gasteiger partial charge in [0.1, 0.15) is 0 Å². The van der Waals surface area contributed by atoms with Gasteiger partial charge in [-0.3, -0.25) is 0 Å². The standard InChI is InChI=1S/C8H7Br2ClO3S/c9-5-8(10)15(12,13)14-7-4-2-1-3-6(7)11/h1-4,8H,5H2. The van der Waals surface area contributed by atoms with E-state index in [4.69, 9.17) is 15.8 Å². The Morgan fingerprint density at radius 3 is 2.53 bits per heavy atom. The summed E-state index contributed by atoms with van der Waals surface area (Å²) < 4.78 is 27.1. The van der Waals surface area contributed by atoms with E-state index in [0.29, 0.717) is 0 Å². The third kappa shape index (κ3) is 3.62. The van der Waals surface area contributed by atoms with E-state index in [1.54, 1.807) is 18.2 Å². The first-order chi connectivity index (χ1) is 6.97. The van der Waals surface area contributed by atoms with Crippen LogP contribution in [0.25, 0.3) is 0 Å². The summed E-state index contributed by atoms with van der Waals surface area (Å²) in [6, 6.07) is 6.39. The van der Waals surface area contributed by atoms with E-state index in [9.17, 15) is 8.42 Å². The molecule has 0 radical (unpaired) electrons. The van der Waals surface area contributed by atoms with Crippen LogP contribution in [0.2, 0.25) is 5.02 Å². The minimum absolute atomic E-state index is 0.129. The van der Waals surface area contributed by atoms with E-state index in [1.165, 1.54) is 6.07 Å². The Morgan fingerprint density at radius 2 is 2.00 bits per heavy atom. The topological polar surface area (TPSA) is 43.4 Å². The summed E-state index contributed by atoms with van der Waals surface area (Å²) in [5.41, 5.74) is 0. The monoisotopic (exact) mass is 376 g/mol. The van der Waals surface area contributed by atoms with Gasteiger partial charge >= 0.3 is 10.1 Å². The number of alkyl halides is 2.